The van der Waals surface area contributed by atoms with E-state index < -0.39 is 0 Å². The highest BCUT2D eigenvalue weighted by Gasteiger charge is 2.35. The zero-order valence-electron chi connectivity index (χ0n) is 10.7. The molecule has 1 amide bonds. The standard InChI is InChI=1S/C13H24N2O2/c1-10-8-14-9-12(10)13(17)15(6-7-16)11-4-2-3-5-11/h10-12,14,16H,2-9H2,1H3/t10-,12-/m1/s1. The molecule has 0 aromatic heterocycles. The van der Waals surface area contributed by atoms with E-state index in [1.54, 1.807) is 0 Å². The predicted octanol–water partition coefficient (Wildman–Crippen LogP) is 0.605. The molecule has 0 aromatic carbocycles. The van der Waals surface area contributed by atoms with Gasteiger partial charge in [0, 0.05) is 19.1 Å². The summed E-state index contributed by atoms with van der Waals surface area (Å²) in [6.45, 7) is 4.46. The van der Waals surface area contributed by atoms with E-state index >= 15 is 0 Å². The van der Waals surface area contributed by atoms with Crippen LogP contribution < -0.4 is 5.32 Å². The fraction of sp³-hybridized carbons (Fsp3) is 0.923. The minimum absolute atomic E-state index is 0.0801. The molecule has 0 radical (unpaired) electrons. The normalized spacial score (nSPS) is 29.8. The van der Waals surface area contributed by atoms with E-state index in [1.807, 2.05) is 4.90 Å². The lowest BCUT2D eigenvalue weighted by Gasteiger charge is -2.31. The molecule has 17 heavy (non-hydrogen) atoms. The van der Waals surface area contributed by atoms with Gasteiger partial charge in [0.2, 0.25) is 5.91 Å². The maximum Gasteiger partial charge on any atom is 0.227 e. The SMILES string of the molecule is C[C@@H]1CNC[C@H]1C(=O)N(CCO)C1CCCC1. The molecule has 1 saturated carbocycles. The Bertz CT molecular complexity index is 264. The van der Waals surface area contributed by atoms with Crippen LogP contribution in [0.4, 0.5) is 0 Å². The first-order valence-electron chi connectivity index (χ1n) is 6.86. The van der Waals surface area contributed by atoms with Gasteiger partial charge in [0.1, 0.15) is 0 Å². The Hall–Kier alpha value is -0.610. The molecule has 0 aromatic rings. The average Bonchev–Trinajstić information content (AvgIpc) is 2.95. The van der Waals surface area contributed by atoms with E-state index in [2.05, 4.69) is 12.2 Å². The number of nitrogens with one attached hydrogen (secondary N) is 1. The van der Waals surface area contributed by atoms with Crippen molar-refractivity contribution in [3.63, 3.8) is 0 Å². The Morgan fingerprint density at radius 1 is 1.35 bits per heavy atom. The van der Waals surface area contributed by atoms with Crippen molar-refractivity contribution in [3.05, 3.63) is 0 Å². The maximum atomic E-state index is 12.5. The molecule has 0 unspecified atom stereocenters. The molecule has 98 valence electrons. The molecule has 2 rings (SSSR count). The lowest BCUT2D eigenvalue weighted by molar-refractivity contribution is -0.138. The molecule has 1 aliphatic carbocycles. The summed E-state index contributed by atoms with van der Waals surface area (Å²) in [6.07, 6.45) is 4.66. The van der Waals surface area contributed by atoms with Gasteiger partial charge < -0.3 is 15.3 Å². The fourth-order valence-corrected chi connectivity index (χ4v) is 3.15. The van der Waals surface area contributed by atoms with Crippen molar-refractivity contribution in [3.8, 4) is 0 Å². The molecule has 0 bridgehead atoms. The molecule has 2 atom stereocenters. The molecule has 4 nitrogen and oxygen atoms in total. The Morgan fingerprint density at radius 3 is 2.59 bits per heavy atom. The summed E-state index contributed by atoms with van der Waals surface area (Å²) in [5, 5.41) is 12.4. The van der Waals surface area contributed by atoms with E-state index in [4.69, 9.17) is 5.11 Å². The number of amides is 1. The van der Waals surface area contributed by atoms with Crippen molar-refractivity contribution in [2.24, 2.45) is 11.8 Å². The van der Waals surface area contributed by atoms with Gasteiger partial charge in [0.05, 0.1) is 12.5 Å². The topological polar surface area (TPSA) is 52.6 Å². The highest BCUT2D eigenvalue weighted by Crippen LogP contribution is 2.27. The molecule has 4 heteroatoms. The largest absolute Gasteiger partial charge is 0.395 e. The van der Waals surface area contributed by atoms with Crippen molar-refractivity contribution in [1.82, 2.24) is 10.2 Å². The third-order valence-corrected chi connectivity index (χ3v) is 4.22. The van der Waals surface area contributed by atoms with Gasteiger partial charge in [-0.1, -0.05) is 19.8 Å². The molecule has 2 aliphatic rings. The minimum Gasteiger partial charge on any atom is -0.395 e. The summed E-state index contributed by atoms with van der Waals surface area (Å²) >= 11 is 0. The Balaban J connectivity index is 2.01. The van der Waals surface area contributed by atoms with Crippen LogP contribution in [0.1, 0.15) is 32.6 Å². The van der Waals surface area contributed by atoms with Crippen molar-refractivity contribution in [1.29, 1.82) is 0 Å². The number of hydrogen-bond donors (Lipinski definition) is 2. The summed E-state index contributed by atoms with van der Waals surface area (Å²) in [5.74, 6) is 0.788. The van der Waals surface area contributed by atoms with Crippen molar-refractivity contribution < 1.29 is 9.90 Å². The third kappa shape index (κ3) is 2.80. The van der Waals surface area contributed by atoms with Gasteiger partial charge >= 0.3 is 0 Å². The zero-order chi connectivity index (χ0) is 12.3. The molecule has 2 N–H and O–H groups in total. The van der Waals surface area contributed by atoms with Gasteiger partial charge in [-0.25, -0.2) is 0 Å². The Morgan fingerprint density at radius 2 is 2.06 bits per heavy atom. The monoisotopic (exact) mass is 240 g/mol. The van der Waals surface area contributed by atoms with Crippen LogP contribution in [-0.2, 0) is 4.79 Å². The van der Waals surface area contributed by atoms with E-state index in [0.29, 0.717) is 18.5 Å². The van der Waals surface area contributed by atoms with Crippen LogP contribution in [0.3, 0.4) is 0 Å². The lowest BCUT2D eigenvalue weighted by atomic mass is 9.95. The maximum absolute atomic E-state index is 12.5. The van der Waals surface area contributed by atoms with Crippen LogP contribution in [0, 0.1) is 11.8 Å². The summed E-state index contributed by atoms with van der Waals surface area (Å²) < 4.78 is 0. The van der Waals surface area contributed by atoms with Crippen molar-refractivity contribution in [2.45, 2.75) is 38.6 Å². The van der Waals surface area contributed by atoms with Gasteiger partial charge in [-0.3, -0.25) is 4.79 Å². The third-order valence-electron chi connectivity index (χ3n) is 4.22. The van der Waals surface area contributed by atoms with Crippen LogP contribution in [0.25, 0.3) is 0 Å². The molecule has 1 saturated heterocycles. The number of carbonyl (C=O) groups excluding carboxylic acids is 1. The average molecular weight is 240 g/mol. The van der Waals surface area contributed by atoms with Gasteiger partial charge in [-0.2, -0.15) is 0 Å². The number of hydrogen-bond acceptors (Lipinski definition) is 3. The molecule has 2 fully saturated rings. The summed E-state index contributed by atoms with van der Waals surface area (Å²) in [4.78, 5) is 14.5. The van der Waals surface area contributed by atoms with Crippen LogP contribution in [0.5, 0.6) is 0 Å². The smallest absolute Gasteiger partial charge is 0.227 e. The minimum atomic E-state index is 0.0801. The van der Waals surface area contributed by atoms with E-state index in [-0.39, 0.29) is 18.4 Å². The number of rotatable bonds is 4. The quantitative estimate of drug-likeness (QED) is 0.757. The second kappa shape index (κ2) is 5.83. The van der Waals surface area contributed by atoms with Gasteiger partial charge in [-0.15, -0.1) is 0 Å². The number of carbonyl (C=O) groups is 1. The van der Waals surface area contributed by atoms with Crippen LogP contribution >= 0.6 is 0 Å². The molecular weight excluding hydrogens is 216 g/mol. The van der Waals surface area contributed by atoms with Gasteiger partial charge in [0.15, 0.2) is 0 Å². The highest BCUT2D eigenvalue weighted by atomic mass is 16.3. The van der Waals surface area contributed by atoms with Gasteiger partial charge in [-0.05, 0) is 25.3 Å². The van der Waals surface area contributed by atoms with Crippen LogP contribution in [-0.4, -0.2) is 48.2 Å². The second-order valence-corrected chi connectivity index (χ2v) is 5.44. The number of aliphatic hydroxyl groups is 1. The predicted molar refractivity (Wildman–Crippen MR) is 66.6 cm³/mol. The first kappa shape index (κ1) is 12.8. The Kier molecular flexibility index (Phi) is 4.40. The van der Waals surface area contributed by atoms with Crippen LogP contribution in [0.2, 0.25) is 0 Å². The van der Waals surface area contributed by atoms with Crippen LogP contribution in [0.15, 0.2) is 0 Å². The molecule has 0 spiro atoms. The zero-order valence-corrected chi connectivity index (χ0v) is 10.7. The van der Waals surface area contributed by atoms with Crippen molar-refractivity contribution in [2.75, 3.05) is 26.2 Å². The molecule has 1 heterocycles. The highest BCUT2D eigenvalue weighted by molar-refractivity contribution is 5.80. The first-order valence-corrected chi connectivity index (χ1v) is 6.86. The van der Waals surface area contributed by atoms with E-state index in [0.717, 1.165) is 25.9 Å². The second-order valence-electron chi connectivity index (χ2n) is 5.44. The van der Waals surface area contributed by atoms with E-state index in [1.165, 1.54) is 12.8 Å². The Labute approximate surface area is 103 Å². The van der Waals surface area contributed by atoms with Gasteiger partial charge in [0.25, 0.3) is 0 Å². The molecular formula is C13H24N2O2. The number of aliphatic hydroxyl groups excluding tert-OH is 1. The summed E-state index contributed by atoms with van der Waals surface area (Å²) in [5.41, 5.74) is 0. The molecule has 1 aliphatic heterocycles. The summed E-state index contributed by atoms with van der Waals surface area (Å²) in [6, 6.07) is 0.377. The number of nitrogens with zero attached hydrogens (tertiary/aromatic N) is 1. The van der Waals surface area contributed by atoms with E-state index in [9.17, 15) is 4.79 Å². The lowest BCUT2D eigenvalue weighted by Crippen LogP contribution is -2.45. The fourth-order valence-electron chi connectivity index (χ4n) is 3.15. The van der Waals surface area contributed by atoms with Crippen molar-refractivity contribution >= 4 is 5.91 Å². The summed E-state index contributed by atoms with van der Waals surface area (Å²) in [7, 11) is 0. The first-order chi connectivity index (χ1) is 8.24.